The lowest BCUT2D eigenvalue weighted by molar-refractivity contribution is 0.181. The number of halogens is 2. The number of nitrogens with one attached hydrogen (secondary N) is 1. The largest absolute Gasteiger partial charge is 0.386 e. The number of hydrogen-bond acceptors (Lipinski definition) is 5. The van der Waals surface area contributed by atoms with E-state index in [4.69, 9.17) is 0 Å². The Bertz CT molecular complexity index is 560. The molecule has 1 unspecified atom stereocenters. The van der Waals surface area contributed by atoms with Gasteiger partial charge < -0.3 is 10.4 Å². The lowest BCUT2D eigenvalue weighted by Gasteiger charge is -2.14. The first-order valence-corrected chi connectivity index (χ1v) is 7.08. The summed E-state index contributed by atoms with van der Waals surface area (Å²) in [7, 11) is 0. The van der Waals surface area contributed by atoms with Gasteiger partial charge in [-0.3, -0.25) is 0 Å². The number of aliphatic hydroxyl groups is 1. The molecule has 2 rings (SSSR count). The molecule has 0 fully saturated rings. The number of aromatic nitrogens is 2. The van der Waals surface area contributed by atoms with Crippen molar-refractivity contribution in [2.75, 3.05) is 18.1 Å². The van der Waals surface area contributed by atoms with Crippen molar-refractivity contribution in [2.24, 2.45) is 0 Å². The van der Waals surface area contributed by atoms with Gasteiger partial charge in [-0.05, 0) is 30.5 Å². The molecule has 20 heavy (non-hydrogen) atoms. The number of rotatable bonds is 5. The maximum atomic E-state index is 13.5. The summed E-state index contributed by atoms with van der Waals surface area (Å²) in [4.78, 5) is 0. The minimum Gasteiger partial charge on any atom is -0.386 e. The van der Waals surface area contributed by atoms with E-state index in [1.54, 1.807) is 12.1 Å². The summed E-state index contributed by atoms with van der Waals surface area (Å²) in [6.07, 6.45) is 0.570. The van der Waals surface area contributed by atoms with Crippen LogP contribution in [0, 0.1) is 11.6 Å². The summed E-state index contributed by atoms with van der Waals surface area (Å²) in [5.41, 5.74) is -0.353. The minimum atomic E-state index is -1.31. The van der Waals surface area contributed by atoms with Gasteiger partial charge in [-0.2, -0.15) is 0 Å². The lowest BCUT2D eigenvalue weighted by Crippen LogP contribution is -2.15. The summed E-state index contributed by atoms with van der Waals surface area (Å²) in [5, 5.41) is 21.2. The van der Waals surface area contributed by atoms with E-state index in [9.17, 15) is 13.9 Å². The Morgan fingerprint density at radius 3 is 2.45 bits per heavy atom. The molecule has 4 nitrogen and oxygen atoms in total. The van der Waals surface area contributed by atoms with Crippen molar-refractivity contribution in [1.82, 2.24) is 10.2 Å². The topological polar surface area (TPSA) is 58.0 Å². The molecular formula is C13H13F2N3OS. The van der Waals surface area contributed by atoms with E-state index >= 15 is 0 Å². The molecular weight excluding hydrogens is 284 g/mol. The molecule has 0 saturated carbocycles. The van der Waals surface area contributed by atoms with Crippen LogP contribution < -0.4 is 5.32 Å². The molecule has 2 N–H and O–H groups in total. The molecule has 0 bridgehead atoms. The van der Waals surface area contributed by atoms with Crippen molar-refractivity contribution in [1.29, 1.82) is 0 Å². The van der Waals surface area contributed by atoms with Gasteiger partial charge >= 0.3 is 0 Å². The van der Waals surface area contributed by atoms with Crippen molar-refractivity contribution < 1.29 is 13.9 Å². The van der Waals surface area contributed by atoms with Crippen LogP contribution in [-0.2, 0) is 0 Å². The average Bonchev–Trinajstić information content (AvgIpc) is 2.45. The van der Waals surface area contributed by atoms with Crippen LogP contribution in [0.4, 0.5) is 14.6 Å². The fourth-order valence-electron chi connectivity index (χ4n) is 1.66. The molecule has 1 aromatic carbocycles. The smallest absolute Gasteiger partial charge is 0.148 e. The van der Waals surface area contributed by atoms with Gasteiger partial charge in [0.2, 0.25) is 0 Å². The highest BCUT2D eigenvalue weighted by Crippen LogP contribution is 2.21. The first-order chi connectivity index (χ1) is 9.61. The Kier molecular flexibility index (Phi) is 4.86. The van der Waals surface area contributed by atoms with Crippen LogP contribution in [0.2, 0.25) is 0 Å². The van der Waals surface area contributed by atoms with Crippen molar-refractivity contribution >= 4 is 17.6 Å². The van der Waals surface area contributed by atoms with E-state index in [2.05, 4.69) is 15.5 Å². The van der Waals surface area contributed by atoms with Gasteiger partial charge in [0, 0.05) is 6.54 Å². The van der Waals surface area contributed by atoms with E-state index in [0.29, 0.717) is 5.82 Å². The zero-order chi connectivity index (χ0) is 14.5. The summed E-state index contributed by atoms with van der Waals surface area (Å²) in [6.45, 7) is -0.0643. The highest BCUT2D eigenvalue weighted by Gasteiger charge is 2.17. The third-order valence-corrected chi connectivity index (χ3v) is 3.29. The Labute approximate surface area is 119 Å². The molecule has 1 atom stereocenters. The minimum absolute atomic E-state index is 0.0643. The van der Waals surface area contributed by atoms with Crippen molar-refractivity contribution in [2.45, 2.75) is 11.1 Å². The standard InChI is InChI=1S/C13H13F2N3OS/c1-20-12-6-5-11(17-18-12)16-7-10(19)13-8(14)3-2-4-9(13)15/h2-6,10,19H,7H2,1H3,(H,16,17). The Morgan fingerprint density at radius 2 is 1.90 bits per heavy atom. The number of aliphatic hydroxyl groups excluding tert-OH is 1. The summed E-state index contributed by atoms with van der Waals surface area (Å²) in [5.74, 6) is -1.12. The third kappa shape index (κ3) is 3.43. The van der Waals surface area contributed by atoms with Crippen molar-refractivity contribution in [3.05, 3.63) is 47.5 Å². The number of anilines is 1. The van der Waals surface area contributed by atoms with Crippen LogP contribution in [0.15, 0.2) is 35.4 Å². The molecule has 106 valence electrons. The molecule has 7 heteroatoms. The van der Waals surface area contributed by atoms with Gasteiger partial charge in [0.15, 0.2) is 0 Å². The predicted octanol–water partition coefficient (Wildman–Crippen LogP) is 2.62. The fourth-order valence-corrected chi connectivity index (χ4v) is 1.98. The molecule has 0 amide bonds. The van der Waals surface area contributed by atoms with Crippen molar-refractivity contribution in [3.63, 3.8) is 0 Å². The normalized spacial score (nSPS) is 12.2. The van der Waals surface area contributed by atoms with Gasteiger partial charge in [-0.15, -0.1) is 22.0 Å². The molecule has 1 heterocycles. The van der Waals surface area contributed by atoms with Crippen LogP contribution in [0.3, 0.4) is 0 Å². The predicted molar refractivity (Wildman–Crippen MR) is 73.6 cm³/mol. The third-order valence-electron chi connectivity index (χ3n) is 2.66. The zero-order valence-corrected chi connectivity index (χ0v) is 11.5. The van der Waals surface area contributed by atoms with E-state index < -0.39 is 17.7 Å². The molecule has 1 aromatic heterocycles. The van der Waals surface area contributed by atoms with E-state index in [1.807, 2.05) is 6.26 Å². The van der Waals surface area contributed by atoms with Gasteiger partial charge in [0.1, 0.15) is 28.6 Å². The molecule has 0 radical (unpaired) electrons. The SMILES string of the molecule is CSc1ccc(NCC(O)c2c(F)cccc2F)nn1. The van der Waals surface area contributed by atoms with Gasteiger partial charge in [-0.25, -0.2) is 8.78 Å². The fraction of sp³-hybridized carbons (Fsp3) is 0.231. The van der Waals surface area contributed by atoms with Crippen molar-refractivity contribution in [3.8, 4) is 0 Å². The second kappa shape index (κ2) is 6.62. The molecule has 0 spiro atoms. The monoisotopic (exact) mass is 297 g/mol. The summed E-state index contributed by atoms with van der Waals surface area (Å²) >= 11 is 1.45. The van der Waals surface area contributed by atoms with Crippen LogP contribution in [0.1, 0.15) is 11.7 Å². The van der Waals surface area contributed by atoms with Gasteiger partial charge in [-0.1, -0.05) is 6.07 Å². The van der Waals surface area contributed by atoms with E-state index in [0.717, 1.165) is 17.2 Å². The van der Waals surface area contributed by atoms with Crippen LogP contribution in [0.5, 0.6) is 0 Å². The first-order valence-electron chi connectivity index (χ1n) is 5.85. The summed E-state index contributed by atoms with van der Waals surface area (Å²) < 4.78 is 26.9. The average molecular weight is 297 g/mol. The number of hydrogen-bond donors (Lipinski definition) is 2. The second-order valence-corrected chi connectivity index (χ2v) is 4.82. The molecule has 0 aliphatic carbocycles. The molecule has 0 aliphatic heterocycles. The molecule has 2 aromatic rings. The maximum Gasteiger partial charge on any atom is 0.148 e. The Balaban J connectivity index is 2.02. The van der Waals surface area contributed by atoms with E-state index in [1.165, 1.54) is 17.8 Å². The van der Waals surface area contributed by atoms with Gasteiger partial charge in [0.25, 0.3) is 0 Å². The Hall–Kier alpha value is -1.73. The van der Waals surface area contributed by atoms with Gasteiger partial charge in [0.05, 0.1) is 5.56 Å². The van der Waals surface area contributed by atoms with Crippen LogP contribution >= 0.6 is 11.8 Å². The number of benzene rings is 1. The highest BCUT2D eigenvalue weighted by atomic mass is 32.2. The zero-order valence-electron chi connectivity index (χ0n) is 10.7. The number of thioether (sulfide) groups is 1. The summed E-state index contributed by atoms with van der Waals surface area (Å²) in [6, 6.07) is 6.91. The number of nitrogens with zero attached hydrogens (tertiary/aromatic N) is 2. The maximum absolute atomic E-state index is 13.5. The quantitative estimate of drug-likeness (QED) is 0.831. The molecule has 0 saturated heterocycles. The van der Waals surface area contributed by atoms with Crippen LogP contribution in [-0.4, -0.2) is 28.1 Å². The van der Waals surface area contributed by atoms with E-state index in [-0.39, 0.29) is 12.1 Å². The second-order valence-electron chi connectivity index (χ2n) is 3.99. The van der Waals surface area contributed by atoms with Crippen LogP contribution in [0.25, 0.3) is 0 Å². The lowest BCUT2D eigenvalue weighted by atomic mass is 10.1. The Morgan fingerprint density at radius 1 is 1.20 bits per heavy atom. The molecule has 0 aliphatic rings. The first kappa shape index (κ1) is 14.7. The highest BCUT2D eigenvalue weighted by molar-refractivity contribution is 7.98.